The fourth-order valence-corrected chi connectivity index (χ4v) is 3.26. The lowest BCUT2D eigenvalue weighted by molar-refractivity contribution is -0.130. The van der Waals surface area contributed by atoms with Crippen LogP contribution in [-0.2, 0) is 17.9 Å². The Hall–Kier alpha value is -2.63. The van der Waals surface area contributed by atoms with Gasteiger partial charge in [-0.05, 0) is 18.7 Å². The van der Waals surface area contributed by atoms with E-state index in [-0.39, 0.29) is 5.91 Å². The predicted molar refractivity (Wildman–Crippen MR) is 113 cm³/mol. The minimum atomic E-state index is 0.104. The summed E-state index contributed by atoms with van der Waals surface area (Å²) in [6.07, 6.45) is 2.48. The van der Waals surface area contributed by atoms with E-state index in [1.54, 1.807) is 4.90 Å². The van der Waals surface area contributed by atoms with Crippen molar-refractivity contribution in [1.29, 1.82) is 0 Å². The zero-order valence-corrected chi connectivity index (χ0v) is 17.0. The van der Waals surface area contributed by atoms with E-state index in [9.17, 15) is 4.79 Å². The molecular weight excluding hydrogens is 372 g/mol. The first-order chi connectivity index (χ1) is 13.6. The van der Waals surface area contributed by atoms with Gasteiger partial charge in [0.1, 0.15) is 0 Å². The van der Waals surface area contributed by atoms with Crippen LogP contribution in [-0.4, -0.2) is 41.2 Å². The zero-order valence-electron chi connectivity index (χ0n) is 16.2. The molecule has 1 aromatic heterocycles. The van der Waals surface area contributed by atoms with Crippen molar-refractivity contribution in [2.24, 2.45) is 0 Å². The quantitative estimate of drug-likeness (QED) is 0.629. The Kier molecular flexibility index (Phi) is 6.85. The van der Waals surface area contributed by atoms with Crippen LogP contribution in [0.3, 0.4) is 0 Å². The number of hydrogen-bond donors (Lipinski definition) is 1. The summed E-state index contributed by atoms with van der Waals surface area (Å²) in [5, 5.41) is 8.54. The normalized spacial score (nSPS) is 10.8. The van der Waals surface area contributed by atoms with Gasteiger partial charge in [0.25, 0.3) is 0 Å². The molecule has 28 heavy (non-hydrogen) atoms. The Balaban J connectivity index is 1.88. The Morgan fingerprint density at radius 3 is 2.54 bits per heavy atom. The highest BCUT2D eigenvalue weighted by molar-refractivity contribution is 6.31. The van der Waals surface area contributed by atoms with Crippen LogP contribution >= 0.6 is 11.6 Å². The summed E-state index contributed by atoms with van der Waals surface area (Å²) in [5.74, 6) is 0.104. The molecule has 0 radical (unpaired) electrons. The van der Waals surface area contributed by atoms with Crippen LogP contribution < -0.4 is 5.32 Å². The first-order valence-corrected chi connectivity index (χ1v) is 9.70. The van der Waals surface area contributed by atoms with Crippen LogP contribution in [0, 0.1) is 0 Å². The van der Waals surface area contributed by atoms with E-state index >= 15 is 0 Å². The van der Waals surface area contributed by atoms with Crippen molar-refractivity contribution >= 4 is 17.5 Å². The predicted octanol–water partition coefficient (Wildman–Crippen LogP) is 3.82. The van der Waals surface area contributed by atoms with E-state index in [1.807, 2.05) is 79.6 Å². The molecule has 3 rings (SSSR count). The van der Waals surface area contributed by atoms with E-state index in [4.69, 9.17) is 16.7 Å². The van der Waals surface area contributed by atoms with Gasteiger partial charge in [-0.3, -0.25) is 9.48 Å². The summed E-state index contributed by atoms with van der Waals surface area (Å²) < 4.78 is 1.89. The molecule has 0 unspecified atom stereocenters. The summed E-state index contributed by atoms with van der Waals surface area (Å²) in [4.78, 5) is 14.1. The van der Waals surface area contributed by atoms with E-state index < -0.39 is 0 Å². The molecule has 5 nitrogen and oxygen atoms in total. The van der Waals surface area contributed by atoms with Crippen molar-refractivity contribution in [2.75, 3.05) is 20.6 Å². The third kappa shape index (κ3) is 5.00. The number of hydrogen-bond acceptors (Lipinski definition) is 3. The average molecular weight is 397 g/mol. The molecule has 0 saturated carbocycles. The fourth-order valence-electron chi connectivity index (χ4n) is 3.07. The zero-order chi connectivity index (χ0) is 19.9. The summed E-state index contributed by atoms with van der Waals surface area (Å²) in [7, 11) is 3.68. The van der Waals surface area contributed by atoms with Gasteiger partial charge >= 0.3 is 0 Å². The van der Waals surface area contributed by atoms with Gasteiger partial charge in [0.05, 0.1) is 12.2 Å². The Morgan fingerprint density at radius 2 is 1.82 bits per heavy atom. The molecule has 146 valence electrons. The summed E-state index contributed by atoms with van der Waals surface area (Å²) in [6, 6.07) is 17.8. The maximum Gasteiger partial charge on any atom is 0.223 e. The highest BCUT2D eigenvalue weighted by Crippen LogP contribution is 2.24. The van der Waals surface area contributed by atoms with Crippen molar-refractivity contribution < 1.29 is 4.79 Å². The maximum absolute atomic E-state index is 12.3. The SMILES string of the molecule is CNCCC(=O)N(C)Cc1cn(Cc2ccccc2Cl)nc1-c1ccccc1. The fraction of sp³-hybridized carbons (Fsp3) is 0.273. The lowest BCUT2D eigenvalue weighted by Crippen LogP contribution is -2.28. The van der Waals surface area contributed by atoms with Gasteiger partial charge in [-0.15, -0.1) is 0 Å². The van der Waals surface area contributed by atoms with Gasteiger partial charge in [-0.2, -0.15) is 5.10 Å². The van der Waals surface area contributed by atoms with Crippen LogP contribution in [0.25, 0.3) is 11.3 Å². The third-order valence-corrected chi connectivity index (χ3v) is 4.97. The molecule has 6 heteroatoms. The summed E-state index contributed by atoms with van der Waals surface area (Å²) in [6.45, 7) is 1.76. The molecule has 0 atom stereocenters. The van der Waals surface area contributed by atoms with E-state index in [2.05, 4.69) is 5.32 Å². The van der Waals surface area contributed by atoms with E-state index in [1.165, 1.54) is 0 Å². The molecule has 0 aliphatic heterocycles. The number of amides is 1. The largest absolute Gasteiger partial charge is 0.341 e. The minimum absolute atomic E-state index is 0.104. The van der Waals surface area contributed by atoms with Crippen molar-refractivity contribution in [3.63, 3.8) is 0 Å². The smallest absolute Gasteiger partial charge is 0.223 e. The molecule has 2 aromatic carbocycles. The first kappa shape index (κ1) is 20.1. The standard InChI is InChI=1S/C22H25ClN4O/c1-24-13-12-21(28)26(2)14-19-16-27(15-18-10-6-7-11-20(18)23)25-22(19)17-8-4-3-5-9-17/h3-11,16,24H,12-15H2,1-2H3. The van der Waals surface area contributed by atoms with Gasteiger partial charge in [-0.25, -0.2) is 0 Å². The molecule has 1 N–H and O–H groups in total. The molecule has 0 bridgehead atoms. The topological polar surface area (TPSA) is 50.2 Å². The molecule has 0 aliphatic rings. The second kappa shape index (κ2) is 9.53. The molecular formula is C22H25ClN4O. The molecule has 0 aliphatic carbocycles. The number of benzene rings is 2. The van der Waals surface area contributed by atoms with Crippen LogP contribution in [0.5, 0.6) is 0 Å². The first-order valence-electron chi connectivity index (χ1n) is 9.32. The molecule has 0 saturated heterocycles. The van der Waals surface area contributed by atoms with Crippen LogP contribution in [0.4, 0.5) is 0 Å². The van der Waals surface area contributed by atoms with Gasteiger partial charge in [0, 0.05) is 48.9 Å². The van der Waals surface area contributed by atoms with Gasteiger partial charge in [-0.1, -0.05) is 60.1 Å². The molecule has 3 aromatic rings. The summed E-state index contributed by atoms with van der Waals surface area (Å²) in [5.41, 5.74) is 3.95. The third-order valence-electron chi connectivity index (χ3n) is 4.60. The van der Waals surface area contributed by atoms with Crippen molar-refractivity contribution in [3.05, 3.63) is 76.9 Å². The Morgan fingerprint density at radius 1 is 1.11 bits per heavy atom. The Labute approximate surface area is 170 Å². The number of rotatable bonds is 8. The monoisotopic (exact) mass is 396 g/mol. The van der Waals surface area contributed by atoms with Gasteiger partial charge < -0.3 is 10.2 Å². The number of carbonyl (C=O) groups excluding carboxylic acids is 1. The number of carbonyl (C=O) groups is 1. The number of nitrogens with one attached hydrogen (secondary N) is 1. The van der Waals surface area contributed by atoms with Gasteiger partial charge in [0.2, 0.25) is 5.91 Å². The summed E-state index contributed by atoms with van der Waals surface area (Å²) >= 11 is 6.31. The van der Waals surface area contributed by atoms with E-state index in [0.29, 0.717) is 26.1 Å². The molecule has 1 amide bonds. The highest BCUT2D eigenvalue weighted by atomic mass is 35.5. The number of halogens is 1. The van der Waals surface area contributed by atoms with Crippen LogP contribution in [0.2, 0.25) is 5.02 Å². The second-order valence-electron chi connectivity index (χ2n) is 6.76. The van der Waals surface area contributed by atoms with E-state index in [0.717, 1.165) is 27.4 Å². The van der Waals surface area contributed by atoms with Crippen LogP contribution in [0.1, 0.15) is 17.5 Å². The number of aromatic nitrogens is 2. The minimum Gasteiger partial charge on any atom is -0.341 e. The molecule has 1 heterocycles. The average Bonchev–Trinajstić information content (AvgIpc) is 3.10. The van der Waals surface area contributed by atoms with Crippen molar-refractivity contribution in [3.8, 4) is 11.3 Å². The van der Waals surface area contributed by atoms with Gasteiger partial charge in [0.15, 0.2) is 0 Å². The molecule has 0 fully saturated rings. The number of nitrogens with zero attached hydrogens (tertiary/aromatic N) is 3. The Bertz CT molecular complexity index is 923. The van der Waals surface area contributed by atoms with Crippen molar-refractivity contribution in [1.82, 2.24) is 20.0 Å². The lowest BCUT2D eigenvalue weighted by atomic mass is 10.1. The van der Waals surface area contributed by atoms with Crippen molar-refractivity contribution in [2.45, 2.75) is 19.5 Å². The maximum atomic E-state index is 12.3. The van der Waals surface area contributed by atoms with Crippen LogP contribution in [0.15, 0.2) is 60.8 Å². The molecule has 0 spiro atoms. The second-order valence-corrected chi connectivity index (χ2v) is 7.17. The highest BCUT2D eigenvalue weighted by Gasteiger charge is 2.16. The lowest BCUT2D eigenvalue weighted by Gasteiger charge is -2.17.